The van der Waals surface area contributed by atoms with E-state index in [1.807, 2.05) is 37.3 Å². The van der Waals surface area contributed by atoms with Gasteiger partial charge in [0.2, 0.25) is 5.91 Å². The van der Waals surface area contributed by atoms with Gasteiger partial charge in [0.05, 0.1) is 6.04 Å². The van der Waals surface area contributed by atoms with Gasteiger partial charge in [0.15, 0.2) is 0 Å². The predicted molar refractivity (Wildman–Crippen MR) is 104 cm³/mol. The molecule has 0 fully saturated rings. The van der Waals surface area contributed by atoms with Gasteiger partial charge >= 0.3 is 0 Å². The molecule has 2 aromatic carbocycles. The number of carbonyl (C=O) groups is 2. The maximum atomic E-state index is 12.1. The molecule has 26 heavy (non-hydrogen) atoms. The molecule has 5 nitrogen and oxygen atoms in total. The zero-order valence-electron chi connectivity index (χ0n) is 14.3. The summed E-state index contributed by atoms with van der Waals surface area (Å²) in [5.74, 6) is 0.364. The van der Waals surface area contributed by atoms with Crippen LogP contribution in [0.3, 0.4) is 0 Å². The maximum Gasteiger partial charge on any atom is 0.251 e. The number of rotatable bonds is 6. The zero-order valence-corrected chi connectivity index (χ0v) is 15.9. The van der Waals surface area contributed by atoms with Crippen LogP contribution in [0.15, 0.2) is 63.5 Å². The SMILES string of the molecule is C[C@H](NC(=O)CCNC(=O)c1ccc(Br)cc1)c1cc2ccccc2o1. The molecule has 3 rings (SSSR count). The van der Waals surface area contributed by atoms with Crippen LogP contribution in [0.1, 0.15) is 35.5 Å². The third-order valence-electron chi connectivity index (χ3n) is 3.99. The molecule has 0 aliphatic heterocycles. The fourth-order valence-corrected chi connectivity index (χ4v) is 2.86. The van der Waals surface area contributed by atoms with Crippen LogP contribution in [0, 0.1) is 0 Å². The monoisotopic (exact) mass is 414 g/mol. The van der Waals surface area contributed by atoms with Gasteiger partial charge in [-0.3, -0.25) is 9.59 Å². The molecule has 1 heterocycles. The number of fused-ring (bicyclic) bond motifs is 1. The minimum Gasteiger partial charge on any atom is -0.459 e. The second-order valence-corrected chi connectivity index (χ2v) is 6.90. The van der Waals surface area contributed by atoms with E-state index in [4.69, 9.17) is 4.42 Å². The van der Waals surface area contributed by atoms with E-state index >= 15 is 0 Å². The largest absolute Gasteiger partial charge is 0.459 e. The van der Waals surface area contributed by atoms with Gasteiger partial charge in [-0.1, -0.05) is 34.1 Å². The highest BCUT2D eigenvalue weighted by molar-refractivity contribution is 9.10. The summed E-state index contributed by atoms with van der Waals surface area (Å²) in [6.45, 7) is 2.14. The van der Waals surface area contributed by atoms with Crippen molar-refractivity contribution in [3.05, 3.63) is 70.4 Å². The molecule has 134 valence electrons. The van der Waals surface area contributed by atoms with Gasteiger partial charge in [-0.15, -0.1) is 0 Å². The molecule has 2 amide bonds. The molecular formula is C20H19BrN2O3. The zero-order chi connectivity index (χ0) is 18.5. The van der Waals surface area contributed by atoms with Crippen molar-refractivity contribution in [1.29, 1.82) is 0 Å². The van der Waals surface area contributed by atoms with E-state index in [1.54, 1.807) is 24.3 Å². The fraction of sp³-hybridized carbons (Fsp3) is 0.200. The average Bonchev–Trinajstić information content (AvgIpc) is 3.06. The number of halogens is 1. The molecule has 0 spiro atoms. The Morgan fingerprint density at radius 1 is 1.12 bits per heavy atom. The summed E-state index contributed by atoms with van der Waals surface area (Å²) < 4.78 is 6.66. The third kappa shape index (κ3) is 4.52. The Bertz CT molecular complexity index is 885. The van der Waals surface area contributed by atoms with Gasteiger partial charge in [-0.25, -0.2) is 0 Å². The van der Waals surface area contributed by atoms with Gasteiger partial charge < -0.3 is 15.1 Å². The smallest absolute Gasteiger partial charge is 0.251 e. The van der Waals surface area contributed by atoms with Crippen LogP contribution in [0.4, 0.5) is 0 Å². The van der Waals surface area contributed by atoms with Crippen LogP contribution in [-0.4, -0.2) is 18.4 Å². The van der Waals surface area contributed by atoms with Crippen molar-refractivity contribution in [3.8, 4) is 0 Å². The lowest BCUT2D eigenvalue weighted by Crippen LogP contribution is -2.31. The van der Waals surface area contributed by atoms with E-state index in [1.165, 1.54) is 0 Å². The Kier molecular flexibility index (Phi) is 5.73. The summed E-state index contributed by atoms with van der Waals surface area (Å²) in [4.78, 5) is 24.1. The van der Waals surface area contributed by atoms with Gasteiger partial charge in [0.25, 0.3) is 5.91 Å². The van der Waals surface area contributed by atoms with Crippen molar-refractivity contribution in [2.24, 2.45) is 0 Å². The first kappa shape index (κ1) is 18.2. The quantitative estimate of drug-likeness (QED) is 0.634. The minimum absolute atomic E-state index is 0.144. The van der Waals surface area contributed by atoms with E-state index in [2.05, 4.69) is 26.6 Å². The summed E-state index contributed by atoms with van der Waals surface area (Å²) in [7, 11) is 0. The number of para-hydroxylation sites is 1. The first-order valence-corrected chi connectivity index (χ1v) is 9.14. The summed E-state index contributed by atoms with van der Waals surface area (Å²) in [6, 6.07) is 16.5. The van der Waals surface area contributed by atoms with Crippen molar-refractivity contribution < 1.29 is 14.0 Å². The molecule has 0 aliphatic carbocycles. The van der Waals surface area contributed by atoms with Crippen molar-refractivity contribution in [3.63, 3.8) is 0 Å². The van der Waals surface area contributed by atoms with Gasteiger partial charge in [-0.2, -0.15) is 0 Å². The summed E-state index contributed by atoms with van der Waals surface area (Å²) in [6.07, 6.45) is 0.201. The topological polar surface area (TPSA) is 71.3 Å². The number of benzene rings is 2. The van der Waals surface area contributed by atoms with Gasteiger partial charge in [0, 0.05) is 28.4 Å². The number of amides is 2. The second-order valence-electron chi connectivity index (χ2n) is 5.99. The van der Waals surface area contributed by atoms with Crippen molar-refractivity contribution in [1.82, 2.24) is 10.6 Å². The first-order chi connectivity index (χ1) is 12.5. The Morgan fingerprint density at radius 3 is 2.58 bits per heavy atom. The maximum absolute atomic E-state index is 12.1. The van der Waals surface area contributed by atoms with Crippen LogP contribution in [0.2, 0.25) is 0 Å². The third-order valence-corrected chi connectivity index (χ3v) is 4.52. The predicted octanol–water partition coefficient (Wildman–Crippen LogP) is 4.19. The molecule has 3 aromatic rings. The Labute approximate surface area is 159 Å². The molecular weight excluding hydrogens is 396 g/mol. The van der Waals surface area contributed by atoms with Crippen LogP contribution in [0.25, 0.3) is 11.0 Å². The Balaban J connectivity index is 1.47. The average molecular weight is 415 g/mol. The number of hydrogen-bond acceptors (Lipinski definition) is 3. The van der Waals surface area contributed by atoms with E-state index in [0.717, 1.165) is 15.4 Å². The molecule has 0 saturated carbocycles. The molecule has 0 radical (unpaired) electrons. The highest BCUT2D eigenvalue weighted by Gasteiger charge is 2.14. The minimum atomic E-state index is -0.239. The van der Waals surface area contributed by atoms with Crippen molar-refractivity contribution in [2.75, 3.05) is 6.54 Å². The molecule has 2 N–H and O–H groups in total. The lowest BCUT2D eigenvalue weighted by Gasteiger charge is -2.11. The number of furan rings is 1. The van der Waals surface area contributed by atoms with E-state index < -0.39 is 0 Å². The van der Waals surface area contributed by atoms with E-state index in [0.29, 0.717) is 11.3 Å². The Hall–Kier alpha value is -2.60. The lowest BCUT2D eigenvalue weighted by molar-refractivity contribution is -0.121. The van der Waals surface area contributed by atoms with Crippen LogP contribution in [-0.2, 0) is 4.79 Å². The molecule has 0 saturated heterocycles. The summed E-state index contributed by atoms with van der Waals surface area (Å²) in [5, 5.41) is 6.64. The van der Waals surface area contributed by atoms with Crippen molar-refractivity contribution in [2.45, 2.75) is 19.4 Å². The molecule has 0 bridgehead atoms. The van der Waals surface area contributed by atoms with Crippen LogP contribution in [0.5, 0.6) is 0 Å². The fourth-order valence-electron chi connectivity index (χ4n) is 2.59. The van der Waals surface area contributed by atoms with Crippen molar-refractivity contribution >= 4 is 38.7 Å². The molecule has 1 aromatic heterocycles. The van der Waals surface area contributed by atoms with Gasteiger partial charge in [-0.05, 0) is 43.3 Å². The number of nitrogens with one attached hydrogen (secondary N) is 2. The van der Waals surface area contributed by atoms with E-state index in [9.17, 15) is 9.59 Å². The summed E-state index contributed by atoms with van der Waals surface area (Å²) >= 11 is 3.33. The highest BCUT2D eigenvalue weighted by Crippen LogP contribution is 2.23. The standard InChI is InChI=1S/C20H19BrN2O3/c1-13(18-12-15-4-2-3-5-17(15)26-18)23-19(24)10-11-22-20(25)14-6-8-16(21)9-7-14/h2-9,12-13H,10-11H2,1H3,(H,22,25)(H,23,24)/t13-/m0/s1. The molecule has 0 unspecified atom stereocenters. The number of hydrogen-bond donors (Lipinski definition) is 2. The van der Waals surface area contributed by atoms with Gasteiger partial charge in [0.1, 0.15) is 11.3 Å². The van der Waals surface area contributed by atoms with Crippen LogP contribution >= 0.6 is 15.9 Å². The second kappa shape index (κ2) is 8.19. The molecule has 6 heteroatoms. The summed E-state index contributed by atoms with van der Waals surface area (Å²) in [5.41, 5.74) is 1.36. The van der Waals surface area contributed by atoms with Crippen LogP contribution < -0.4 is 10.6 Å². The molecule has 1 atom stereocenters. The lowest BCUT2D eigenvalue weighted by atomic mass is 10.2. The first-order valence-electron chi connectivity index (χ1n) is 8.34. The normalized spacial score (nSPS) is 11.9. The number of carbonyl (C=O) groups excluding carboxylic acids is 2. The van der Waals surface area contributed by atoms with E-state index in [-0.39, 0.29) is 30.8 Å². The molecule has 0 aliphatic rings. The highest BCUT2D eigenvalue weighted by atomic mass is 79.9. The Morgan fingerprint density at radius 2 is 1.85 bits per heavy atom.